The maximum absolute atomic E-state index is 13.7. The molecule has 0 saturated heterocycles. The zero-order valence-electron chi connectivity index (χ0n) is 10.7. The fourth-order valence-electron chi connectivity index (χ4n) is 1.97. The molecule has 0 aliphatic carbocycles. The number of fused-ring (bicyclic) bond motifs is 1. The minimum atomic E-state index is -0.532. The van der Waals surface area contributed by atoms with Crippen LogP contribution in [0.2, 0.25) is 0 Å². The second kappa shape index (κ2) is 5.21. The topological polar surface area (TPSA) is 68.3 Å². The van der Waals surface area contributed by atoms with Crippen molar-refractivity contribution in [1.82, 2.24) is 0 Å². The molecule has 1 amide bonds. The monoisotopic (exact) mass is 348 g/mol. The highest BCUT2D eigenvalue weighted by Gasteiger charge is 2.16. The maximum Gasteiger partial charge on any atom is 0.291 e. The molecule has 0 spiro atoms. The van der Waals surface area contributed by atoms with Gasteiger partial charge in [-0.1, -0.05) is 6.07 Å². The van der Waals surface area contributed by atoms with Crippen molar-refractivity contribution >= 4 is 44.2 Å². The molecule has 3 N–H and O–H groups in total. The van der Waals surface area contributed by atoms with Crippen LogP contribution in [0.15, 0.2) is 51.4 Å². The zero-order valence-corrected chi connectivity index (χ0v) is 12.3. The normalized spacial score (nSPS) is 10.8. The second-order valence-corrected chi connectivity index (χ2v) is 5.31. The molecule has 2 aromatic carbocycles. The Labute approximate surface area is 127 Å². The van der Waals surface area contributed by atoms with E-state index in [1.807, 2.05) is 0 Å². The van der Waals surface area contributed by atoms with Crippen molar-refractivity contribution in [3.05, 3.63) is 58.5 Å². The third kappa shape index (κ3) is 2.62. The van der Waals surface area contributed by atoms with Crippen LogP contribution in [0.3, 0.4) is 0 Å². The lowest BCUT2D eigenvalue weighted by molar-refractivity contribution is 0.0998. The van der Waals surface area contributed by atoms with Crippen LogP contribution in [0, 0.1) is 5.82 Å². The Balaban J connectivity index is 1.94. The molecule has 0 radical (unpaired) electrons. The third-order valence-corrected chi connectivity index (χ3v) is 3.63. The first-order chi connectivity index (χ1) is 10.0. The summed E-state index contributed by atoms with van der Waals surface area (Å²) in [6.45, 7) is 0. The molecule has 1 heterocycles. The van der Waals surface area contributed by atoms with E-state index in [9.17, 15) is 9.18 Å². The highest BCUT2D eigenvalue weighted by molar-refractivity contribution is 9.10. The van der Waals surface area contributed by atoms with E-state index in [-0.39, 0.29) is 11.4 Å². The molecule has 0 atom stereocenters. The predicted molar refractivity (Wildman–Crippen MR) is 82.7 cm³/mol. The van der Waals surface area contributed by atoms with Crippen molar-refractivity contribution in [3.8, 4) is 0 Å². The van der Waals surface area contributed by atoms with E-state index in [2.05, 4.69) is 21.2 Å². The van der Waals surface area contributed by atoms with E-state index in [1.165, 1.54) is 6.07 Å². The summed E-state index contributed by atoms with van der Waals surface area (Å²) < 4.78 is 19.6. The largest absolute Gasteiger partial charge is 0.451 e. The van der Waals surface area contributed by atoms with Crippen molar-refractivity contribution in [2.24, 2.45) is 0 Å². The minimum absolute atomic E-state index is 0.0717. The Kier molecular flexibility index (Phi) is 3.39. The van der Waals surface area contributed by atoms with Gasteiger partial charge in [-0.25, -0.2) is 4.39 Å². The number of halogens is 2. The molecule has 3 rings (SSSR count). The van der Waals surface area contributed by atoms with Gasteiger partial charge >= 0.3 is 0 Å². The molecule has 0 fully saturated rings. The number of para-hydroxylation sites is 1. The van der Waals surface area contributed by atoms with Gasteiger partial charge in [0.15, 0.2) is 5.76 Å². The maximum atomic E-state index is 13.7. The summed E-state index contributed by atoms with van der Waals surface area (Å²) in [6.07, 6.45) is 0. The molecule has 0 unspecified atom stereocenters. The average Bonchev–Trinajstić information content (AvgIpc) is 2.86. The van der Waals surface area contributed by atoms with Crippen molar-refractivity contribution in [1.29, 1.82) is 0 Å². The third-order valence-electron chi connectivity index (χ3n) is 2.97. The van der Waals surface area contributed by atoms with Crippen molar-refractivity contribution in [3.63, 3.8) is 0 Å². The summed E-state index contributed by atoms with van der Waals surface area (Å²) in [7, 11) is 0. The summed E-state index contributed by atoms with van der Waals surface area (Å²) in [5.41, 5.74) is 6.87. The standard InChI is InChI=1S/C15H10BrFN2O2/c16-10-2-1-3-11(17)14(10)19-15(20)13-7-8-6-9(18)4-5-12(8)21-13/h1-7H,18H2,(H,19,20). The number of carbonyl (C=O) groups is 1. The van der Waals surface area contributed by atoms with E-state index in [1.54, 1.807) is 36.4 Å². The molecule has 106 valence electrons. The lowest BCUT2D eigenvalue weighted by Gasteiger charge is -2.06. The smallest absolute Gasteiger partial charge is 0.291 e. The molecule has 0 aliphatic rings. The molecule has 0 bridgehead atoms. The molecule has 0 saturated carbocycles. The lowest BCUT2D eigenvalue weighted by atomic mass is 10.2. The van der Waals surface area contributed by atoms with Crippen molar-refractivity contribution < 1.29 is 13.6 Å². The van der Waals surface area contributed by atoms with Gasteiger partial charge in [-0.3, -0.25) is 4.79 Å². The van der Waals surface area contributed by atoms with Gasteiger partial charge in [-0.2, -0.15) is 0 Å². The molecule has 21 heavy (non-hydrogen) atoms. The van der Waals surface area contributed by atoms with E-state index in [0.717, 1.165) is 0 Å². The molecular weight excluding hydrogens is 339 g/mol. The number of nitrogens with one attached hydrogen (secondary N) is 1. The van der Waals surface area contributed by atoms with Crippen LogP contribution < -0.4 is 11.1 Å². The molecule has 6 heteroatoms. The van der Waals surface area contributed by atoms with Gasteiger partial charge < -0.3 is 15.5 Å². The van der Waals surface area contributed by atoms with Gasteiger partial charge in [0.25, 0.3) is 5.91 Å². The summed E-state index contributed by atoms with van der Waals surface area (Å²) in [5.74, 6) is -0.973. The van der Waals surface area contributed by atoms with Gasteiger partial charge in [0.2, 0.25) is 0 Å². The molecule has 3 aromatic rings. The number of furan rings is 1. The number of anilines is 2. The number of hydrogen-bond acceptors (Lipinski definition) is 3. The van der Waals surface area contributed by atoms with E-state index >= 15 is 0 Å². The van der Waals surface area contributed by atoms with Gasteiger partial charge in [-0.15, -0.1) is 0 Å². The van der Waals surface area contributed by atoms with Gasteiger partial charge in [0.05, 0.1) is 5.69 Å². The molecule has 1 aromatic heterocycles. The zero-order chi connectivity index (χ0) is 15.0. The SMILES string of the molecule is Nc1ccc2oc(C(=O)Nc3c(F)cccc3Br)cc2c1. The van der Waals surface area contributed by atoms with E-state index < -0.39 is 11.7 Å². The van der Waals surface area contributed by atoms with Gasteiger partial charge in [0.1, 0.15) is 11.4 Å². The number of carbonyl (C=O) groups excluding carboxylic acids is 1. The summed E-state index contributed by atoms with van der Waals surface area (Å²) in [5, 5.41) is 3.20. The number of rotatable bonds is 2. The fourth-order valence-corrected chi connectivity index (χ4v) is 2.41. The van der Waals surface area contributed by atoms with Gasteiger partial charge in [0, 0.05) is 15.5 Å². The van der Waals surface area contributed by atoms with E-state index in [0.29, 0.717) is 21.1 Å². The summed E-state index contributed by atoms with van der Waals surface area (Å²) >= 11 is 3.19. The van der Waals surface area contributed by atoms with Crippen LogP contribution in [0.25, 0.3) is 11.0 Å². The Morgan fingerprint density at radius 1 is 1.24 bits per heavy atom. The Morgan fingerprint density at radius 3 is 2.81 bits per heavy atom. The molecular formula is C15H10BrFN2O2. The minimum Gasteiger partial charge on any atom is -0.451 e. The first-order valence-electron chi connectivity index (χ1n) is 6.09. The number of nitrogens with two attached hydrogens (primary N) is 1. The predicted octanol–water partition coefficient (Wildman–Crippen LogP) is 4.17. The molecule has 4 nitrogen and oxygen atoms in total. The fraction of sp³-hybridized carbons (Fsp3) is 0. The number of amides is 1. The van der Waals surface area contributed by atoms with Crippen LogP contribution in [0.1, 0.15) is 10.6 Å². The van der Waals surface area contributed by atoms with Crippen LogP contribution in [-0.2, 0) is 0 Å². The number of benzene rings is 2. The summed E-state index contributed by atoms with van der Waals surface area (Å²) in [6, 6.07) is 11.1. The second-order valence-electron chi connectivity index (χ2n) is 4.46. The highest BCUT2D eigenvalue weighted by Crippen LogP contribution is 2.27. The number of nitrogen functional groups attached to an aromatic ring is 1. The Bertz CT molecular complexity index is 825. The first-order valence-corrected chi connectivity index (χ1v) is 6.88. The molecule has 0 aliphatic heterocycles. The Morgan fingerprint density at radius 2 is 2.05 bits per heavy atom. The van der Waals surface area contributed by atoms with E-state index in [4.69, 9.17) is 10.2 Å². The lowest BCUT2D eigenvalue weighted by Crippen LogP contribution is -2.12. The van der Waals surface area contributed by atoms with Crippen molar-refractivity contribution in [2.75, 3.05) is 11.1 Å². The van der Waals surface area contributed by atoms with Gasteiger partial charge in [-0.05, 0) is 52.3 Å². The quantitative estimate of drug-likeness (QED) is 0.683. The first kappa shape index (κ1) is 13.6. The summed E-state index contributed by atoms with van der Waals surface area (Å²) in [4.78, 5) is 12.1. The van der Waals surface area contributed by atoms with Crippen LogP contribution >= 0.6 is 15.9 Å². The van der Waals surface area contributed by atoms with Crippen molar-refractivity contribution in [2.45, 2.75) is 0 Å². The van der Waals surface area contributed by atoms with Crippen LogP contribution in [0.4, 0.5) is 15.8 Å². The van der Waals surface area contributed by atoms with Crippen LogP contribution in [-0.4, -0.2) is 5.91 Å². The average molecular weight is 349 g/mol. The highest BCUT2D eigenvalue weighted by atomic mass is 79.9. The number of hydrogen-bond donors (Lipinski definition) is 2. The van der Waals surface area contributed by atoms with Crippen LogP contribution in [0.5, 0.6) is 0 Å². The Hall–Kier alpha value is -2.34.